The molecule has 9 heteroatoms. The van der Waals surface area contributed by atoms with Gasteiger partial charge in [-0.3, -0.25) is 14.5 Å². The summed E-state index contributed by atoms with van der Waals surface area (Å²) in [5.41, 5.74) is -2.97. The standard InChI is InChI=1S/C19H31NO8/c1-16(2,3)14(22)24-10-19-13(26-18(7,8)28-19)12(25-11-21)9-20(19)15(23)27-17(4,5)6/h11-13H,9-10H2,1-8H3/t12-,13-,19-/m1/s1. The fourth-order valence-electron chi connectivity index (χ4n) is 3.22. The van der Waals surface area contributed by atoms with Gasteiger partial charge in [-0.25, -0.2) is 4.79 Å². The molecule has 0 aromatic carbocycles. The molecule has 0 unspecified atom stereocenters. The van der Waals surface area contributed by atoms with Gasteiger partial charge in [-0.05, 0) is 55.4 Å². The third kappa shape index (κ3) is 4.57. The average molecular weight is 401 g/mol. The van der Waals surface area contributed by atoms with Crippen LogP contribution < -0.4 is 0 Å². The van der Waals surface area contributed by atoms with Gasteiger partial charge in [0, 0.05) is 0 Å². The summed E-state index contributed by atoms with van der Waals surface area (Å²) in [5, 5.41) is 0. The lowest BCUT2D eigenvalue weighted by Crippen LogP contribution is -2.57. The minimum atomic E-state index is -1.47. The van der Waals surface area contributed by atoms with Crippen LogP contribution in [0, 0.1) is 5.41 Å². The molecule has 2 aliphatic heterocycles. The highest BCUT2D eigenvalue weighted by Gasteiger charge is 2.68. The van der Waals surface area contributed by atoms with Crippen LogP contribution in [0.2, 0.25) is 0 Å². The van der Waals surface area contributed by atoms with Crippen LogP contribution in [0.4, 0.5) is 4.79 Å². The van der Waals surface area contributed by atoms with E-state index in [4.69, 9.17) is 23.7 Å². The number of esters is 1. The Morgan fingerprint density at radius 3 is 2.29 bits per heavy atom. The molecule has 0 N–H and O–H groups in total. The van der Waals surface area contributed by atoms with E-state index in [1.165, 1.54) is 4.90 Å². The van der Waals surface area contributed by atoms with Gasteiger partial charge >= 0.3 is 12.1 Å². The van der Waals surface area contributed by atoms with E-state index in [1.54, 1.807) is 55.4 Å². The largest absolute Gasteiger partial charge is 0.460 e. The summed E-state index contributed by atoms with van der Waals surface area (Å²) in [6.07, 6.45) is -2.31. The van der Waals surface area contributed by atoms with E-state index in [0.29, 0.717) is 6.47 Å². The number of amides is 1. The van der Waals surface area contributed by atoms with Crippen molar-refractivity contribution in [3.8, 4) is 0 Å². The third-order valence-corrected chi connectivity index (χ3v) is 4.30. The van der Waals surface area contributed by atoms with Gasteiger partial charge < -0.3 is 23.7 Å². The zero-order valence-electron chi connectivity index (χ0n) is 17.9. The van der Waals surface area contributed by atoms with Crippen molar-refractivity contribution in [2.75, 3.05) is 13.2 Å². The van der Waals surface area contributed by atoms with Crippen molar-refractivity contribution in [1.29, 1.82) is 0 Å². The summed E-state index contributed by atoms with van der Waals surface area (Å²) in [6, 6.07) is 0. The second-order valence-corrected chi connectivity index (χ2v) is 9.57. The van der Waals surface area contributed by atoms with Crippen molar-refractivity contribution in [2.24, 2.45) is 5.41 Å². The molecule has 160 valence electrons. The van der Waals surface area contributed by atoms with Crippen molar-refractivity contribution < 1.29 is 38.1 Å². The van der Waals surface area contributed by atoms with Crippen LogP contribution in [0.1, 0.15) is 55.4 Å². The normalized spacial score (nSPS) is 29.2. The number of hydrogen-bond donors (Lipinski definition) is 0. The van der Waals surface area contributed by atoms with Crippen LogP contribution in [0.25, 0.3) is 0 Å². The van der Waals surface area contributed by atoms with Crippen LogP contribution in [-0.2, 0) is 33.3 Å². The second-order valence-electron chi connectivity index (χ2n) is 9.57. The Bertz CT molecular complexity index is 633. The summed E-state index contributed by atoms with van der Waals surface area (Å²) in [4.78, 5) is 37.5. The molecule has 0 aliphatic carbocycles. The van der Waals surface area contributed by atoms with Crippen LogP contribution in [-0.4, -0.2) is 65.9 Å². The van der Waals surface area contributed by atoms with Gasteiger partial charge in [-0.2, -0.15) is 0 Å². The van der Waals surface area contributed by atoms with Gasteiger partial charge in [0.05, 0.1) is 12.0 Å². The molecule has 1 amide bonds. The van der Waals surface area contributed by atoms with Crippen molar-refractivity contribution in [3.63, 3.8) is 0 Å². The molecule has 0 aromatic rings. The minimum absolute atomic E-state index is 0.0124. The summed E-state index contributed by atoms with van der Waals surface area (Å²) >= 11 is 0. The maximum atomic E-state index is 12.9. The maximum Gasteiger partial charge on any atom is 0.412 e. The lowest BCUT2D eigenvalue weighted by atomic mass is 9.97. The fourth-order valence-corrected chi connectivity index (χ4v) is 3.22. The Morgan fingerprint density at radius 1 is 1.18 bits per heavy atom. The topological polar surface area (TPSA) is 101 Å². The highest BCUT2D eigenvalue weighted by molar-refractivity contribution is 5.75. The predicted molar refractivity (Wildman–Crippen MR) is 97.1 cm³/mol. The number of likely N-dealkylation sites (tertiary alicyclic amines) is 1. The molecule has 0 spiro atoms. The summed E-state index contributed by atoms with van der Waals surface area (Å²) in [6.45, 7) is 13.7. The Kier molecular flexibility index (Phi) is 5.75. The van der Waals surface area contributed by atoms with Gasteiger partial charge in [-0.1, -0.05) is 0 Å². The smallest absolute Gasteiger partial charge is 0.412 e. The molecule has 28 heavy (non-hydrogen) atoms. The first-order valence-corrected chi connectivity index (χ1v) is 9.26. The first-order chi connectivity index (χ1) is 12.6. The second kappa shape index (κ2) is 7.18. The first-order valence-electron chi connectivity index (χ1n) is 9.26. The zero-order chi connectivity index (χ0) is 21.5. The number of ether oxygens (including phenoxy) is 5. The summed E-state index contributed by atoms with van der Waals surface area (Å²) in [7, 11) is 0. The quantitative estimate of drug-likeness (QED) is 0.402. The van der Waals surface area contributed by atoms with Crippen LogP contribution in [0.5, 0.6) is 0 Å². The SMILES string of the molecule is CC(C)(C)OC(=O)N1C[C@@H](OC=O)[C@H]2OC(C)(C)O[C@]21COC(=O)C(C)(C)C. The number of hydrogen-bond acceptors (Lipinski definition) is 8. The van der Waals surface area contributed by atoms with Gasteiger partial charge in [0.1, 0.15) is 12.2 Å². The van der Waals surface area contributed by atoms with Crippen LogP contribution in [0.3, 0.4) is 0 Å². The molecule has 2 saturated heterocycles. The number of carbonyl (C=O) groups is 3. The van der Waals surface area contributed by atoms with Crippen LogP contribution >= 0.6 is 0 Å². The van der Waals surface area contributed by atoms with E-state index >= 15 is 0 Å². The highest BCUT2D eigenvalue weighted by atomic mass is 16.8. The molecular weight excluding hydrogens is 370 g/mol. The van der Waals surface area contributed by atoms with Gasteiger partial charge in [0.25, 0.3) is 6.47 Å². The monoisotopic (exact) mass is 401 g/mol. The molecule has 0 saturated carbocycles. The molecular formula is C19H31NO8. The Labute approximate surface area is 165 Å². The lowest BCUT2D eigenvalue weighted by molar-refractivity contribution is -0.216. The molecule has 2 fully saturated rings. The average Bonchev–Trinajstić information content (AvgIpc) is 2.92. The van der Waals surface area contributed by atoms with E-state index in [-0.39, 0.29) is 13.2 Å². The fraction of sp³-hybridized carbons (Fsp3) is 0.842. The number of carbonyl (C=O) groups excluding carboxylic acids is 3. The molecule has 2 aliphatic rings. The minimum Gasteiger partial charge on any atom is -0.460 e. The molecule has 0 bridgehead atoms. The van der Waals surface area contributed by atoms with E-state index in [9.17, 15) is 14.4 Å². The van der Waals surface area contributed by atoms with E-state index in [2.05, 4.69) is 0 Å². The summed E-state index contributed by atoms with van der Waals surface area (Å²) in [5.74, 6) is -1.55. The maximum absolute atomic E-state index is 12.9. The Morgan fingerprint density at radius 2 is 1.79 bits per heavy atom. The molecule has 0 radical (unpaired) electrons. The van der Waals surface area contributed by atoms with Crippen molar-refractivity contribution in [1.82, 2.24) is 4.90 Å². The number of fused-ring (bicyclic) bond motifs is 1. The van der Waals surface area contributed by atoms with E-state index < -0.39 is 46.8 Å². The lowest BCUT2D eigenvalue weighted by Gasteiger charge is -2.37. The first kappa shape index (κ1) is 22.4. The predicted octanol–water partition coefficient (Wildman–Crippen LogP) is 2.22. The van der Waals surface area contributed by atoms with Crippen molar-refractivity contribution in [3.05, 3.63) is 0 Å². The number of rotatable bonds is 4. The van der Waals surface area contributed by atoms with Crippen LogP contribution in [0.15, 0.2) is 0 Å². The number of nitrogens with zero attached hydrogens (tertiary/aromatic N) is 1. The van der Waals surface area contributed by atoms with Gasteiger partial charge in [-0.15, -0.1) is 0 Å². The molecule has 3 atom stereocenters. The molecule has 0 aromatic heterocycles. The zero-order valence-corrected chi connectivity index (χ0v) is 17.9. The molecule has 2 rings (SSSR count). The summed E-state index contributed by atoms with van der Waals surface area (Å²) < 4.78 is 28.1. The van der Waals surface area contributed by atoms with Crippen molar-refractivity contribution in [2.45, 2.75) is 84.7 Å². The van der Waals surface area contributed by atoms with E-state index in [1.807, 2.05) is 0 Å². The molecule has 2 heterocycles. The Hall–Kier alpha value is -1.87. The van der Waals surface area contributed by atoms with E-state index in [0.717, 1.165) is 0 Å². The Balaban J connectivity index is 2.39. The van der Waals surface area contributed by atoms with Gasteiger partial charge in [0.2, 0.25) is 5.72 Å². The van der Waals surface area contributed by atoms with Gasteiger partial charge in [0.15, 0.2) is 18.0 Å². The highest BCUT2D eigenvalue weighted by Crippen LogP contribution is 2.46. The van der Waals surface area contributed by atoms with Crippen molar-refractivity contribution >= 4 is 18.5 Å². The molecule has 9 nitrogen and oxygen atoms in total. The third-order valence-electron chi connectivity index (χ3n) is 4.30.